The van der Waals surface area contributed by atoms with E-state index in [2.05, 4.69) is 9.80 Å². The molecule has 0 aliphatic carbocycles. The van der Waals surface area contributed by atoms with Crippen molar-refractivity contribution in [2.45, 2.75) is 31.2 Å². The van der Waals surface area contributed by atoms with Crippen molar-refractivity contribution in [2.24, 2.45) is 0 Å². The van der Waals surface area contributed by atoms with Crippen LogP contribution in [0, 0.1) is 17.5 Å². The van der Waals surface area contributed by atoms with E-state index in [4.69, 9.17) is 0 Å². The number of anilines is 3. The van der Waals surface area contributed by atoms with Gasteiger partial charge in [-0.15, -0.1) is 0 Å². The van der Waals surface area contributed by atoms with Crippen LogP contribution in [0.5, 0.6) is 0 Å². The fraction of sp³-hybridized carbons (Fsp3) is 0.367. The van der Waals surface area contributed by atoms with Gasteiger partial charge in [0.15, 0.2) is 0 Å². The van der Waals surface area contributed by atoms with Crippen molar-refractivity contribution in [1.29, 1.82) is 0 Å². The zero-order valence-corrected chi connectivity index (χ0v) is 21.2. The lowest BCUT2D eigenvalue weighted by Crippen LogP contribution is -2.45. The Hall–Kier alpha value is -3.52. The standard InChI is InChI=1S/C30H31F3N4O/c31-21-3-8-24(9-4-21)36-18-17-35(30(36)38)15-2-1-14-34-16-13-29-27(20-34)26-19-23(33)7-12-28(26)37(29)25-10-5-22(32)6-11-25/h3-12,19,27,29H,1-2,13-18,20H2. The lowest BCUT2D eigenvalue weighted by Gasteiger charge is -2.39. The molecule has 5 nitrogen and oxygen atoms in total. The zero-order valence-electron chi connectivity index (χ0n) is 21.2. The third-order valence-electron chi connectivity index (χ3n) is 8.13. The number of carbonyl (C=O) groups excluding carboxylic acids is 1. The Balaban J connectivity index is 1.05. The first-order valence-electron chi connectivity index (χ1n) is 13.4. The highest BCUT2D eigenvalue weighted by Crippen LogP contribution is 2.48. The second kappa shape index (κ2) is 10.3. The number of unbranched alkanes of at least 4 members (excludes halogenated alkanes) is 1. The molecule has 198 valence electrons. The largest absolute Gasteiger partial charge is 0.337 e. The molecule has 0 radical (unpaired) electrons. The number of benzene rings is 3. The highest BCUT2D eigenvalue weighted by atomic mass is 19.1. The Morgan fingerprint density at radius 3 is 2.13 bits per heavy atom. The number of likely N-dealkylation sites (tertiary alicyclic amines) is 1. The molecule has 38 heavy (non-hydrogen) atoms. The van der Waals surface area contributed by atoms with Crippen LogP contribution in [0.3, 0.4) is 0 Å². The number of amides is 2. The Morgan fingerprint density at radius 2 is 1.39 bits per heavy atom. The first-order valence-corrected chi connectivity index (χ1v) is 13.4. The Bertz CT molecular complexity index is 1300. The van der Waals surface area contributed by atoms with Crippen LogP contribution in [-0.4, -0.2) is 61.1 Å². The third-order valence-corrected chi connectivity index (χ3v) is 8.13. The number of urea groups is 1. The molecule has 3 aromatic carbocycles. The topological polar surface area (TPSA) is 30.0 Å². The summed E-state index contributed by atoms with van der Waals surface area (Å²) in [6.07, 6.45) is 2.81. The summed E-state index contributed by atoms with van der Waals surface area (Å²) in [6, 6.07) is 17.8. The molecule has 0 N–H and O–H groups in total. The van der Waals surface area contributed by atoms with E-state index in [-0.39, 0.29) is 35.4 Å². The monoisotopic (exact) mass is 520 g/mol. The van der Waals surface area contributed by atoms with E-state index in [0.717, 1.165) is 61.5 Å². The predicted molar refractivity (Wildman–Crippen MR) is 142 cm³/mol. The summed E-state index contributed by atoms with van der Waals surface area (Å²) in [5, 5.41) is 0. The lowest BCUT2D eigenvalue weighted by molar-refractivity contribution is 0.189. The van der Waals surface area contributed by atoms with Crippen molar-refractivity contribution in [3.05, 3.63) is 89.7 Å². The molecule has 3 heterocycles. The van der Waals surface area contributed by atoms with E-state index in [1.165, 1.54) is 30.3 Å². The number of rotatable bonds is 7. The van der Waals surface area contributed by atoms with Gasteiger partial charge in [0.1, 0.15) is 17.5 Å². The predicted octanol–water partition coefficient (Wildman–Crippen LogP) is 6.14. The second-order valence-corrected chi connectivity index (χ2v) is 10.4. The number of hydrogen-bond donors (Lipinski definition) is 0. The Morgan fingerprint density at radius 1 is 0.737 bits per heavy atom. The highest BCUT2D eigenvalue weighted by molar-refractivity contribution is 5.94. The first-order chi connectivity index (χ1) is 18.5. The average molecular weight is 521 g/mol. The van der Waals surface area contributed by atoms with E-state index in [1.807, 2.05) is 11.0 Å². The molecule has 2 saturated heterocycles. The van der Waals surface area contributed by atoms with E-state index in [0.29, 0.717) is 19.6 Å². The van der Waals surface area contributed by atoms with E-state index in [1.54, 1.807) is 35.2 Å². The molecular weight excluding hydrogens is 489 g/mol. The lowest BCUT2D eigenvalue weighted by atomic mass is 9.89. The van der Waals surface area contributed by atoms with Gasteiger partial charge in [-0.3, -0.25) is 4.90 Å². The minimum Gasteiger partial charge on any atom is -0.337 e. The summed E-state index contributed by atoms with van der Waals surface area (Å²) < 4.78 is 41.1. The molecule has 3 aromatic rings. The highest BCUT2D eigenvalue weighted by Gasteiger charge is 2.42. The summed E-state index contributed by atoms with van der Waals surface area (Å²) >= 11 is 0. The van der Waals surface area contributed by atoms with Crippen molar-refractivity contribution in [3.63, 3.8) is 0 Å². The molecule has 2 unspecified atom stereocenters. The quantitative estimate of drug-likeness (QED) is 0.351. The van der Waals surface area contributed by atoms with E-state index in [9.17, 15) is 18.0 Å². The maximum atomic E-state index is 14.2. The Kier molecular flexibility index (Phi) is 6.74. The molecule has 8 heteroatoms. The van der Waals surface area contributed by atoms with Gasteiger partial charge in [0.05, 0.1) is 0 Å². The number of piperidine rings is 1. The molecule has 0 spiro atoms. The number of hydrogen-bond acceptors (Lipinski definition) is 3. The minimum atomic E-state index is -0.310. The van der Waals surface area contributed by atoms with Gasteiger partial charge in [-0.25, -0.2) is 18.0 Å². The maximum Gasteiger partial charge on any atom is 0.324 e. The summed E-state index contributed by atoms with van der Waals surface area (Å²) in [4.78, 5) is 21.1. The fourth-order valence-corrected chi connectivity index (χ4v) is 6.27. The second-order valence-electron chi connectivity index (χ2n) is 10.4. The molecule has 0 aromatic heterocycles. The average Bonchev–Trinajstić information content (AvgIpc) is 3.44. The molecule has 2 amide bonds. The van der Waals surface area contributed by atoms with Crippen molar-refractivity contribution in [2.75, 3.05) is 49.1 Å². The van der Waals surface area contributed by atoms with Crippen LogP contribution < -0.4 is 9.80 Å². The van der Waals surface area contributed by atoms with Crippen LogP contribution in [-0.2, 0) is 0 Å². The first kappa shape index (κ1) is 24.8. The normalized spacial score (nSPS) is 21.2. The van der Waals surface area contributed by atoms with Gasteiger partial charge in [-0.2, -0.15) is 0 Å². The van der Waals surface area contributed by atoms with Gasteiger partial charge >= 0.3 is 6.03 Å². The zero-order chi connectivity index (χ0) is 26.2. The minimum absolute atomic E-state index is 0.0251. The molecule has 6 rings (SSSR count). The molecule has 2 fully saturated rings. The van der Waals surface area contributed by atoms with Crippen molar-refractivity contribution >= 4 is 23.1 Å². The smallest absolute Gasteiger partial charge is 0.324 e. The molecular formula is C30H31F3N4O. The van der Waals surface area contributed by atoms with Crippen molar-refractivity contribution < 1.29 is 18.0 Å². The summed E-state index contributed by atoms with van der Waals surface area (Å²) in [7, 11) is 0. The van der Waals surface area contributed by atoms with Crippen LogP contribution in [0.2, 0.25) is 0 Å². The molecule has 2 atom stereocenters. The SMILES string of the molecule is O=C1N(CCCCN2CCC3C(C2)c2cc(F)ccc2N3c2ccc(F)cc2)CCN1c1ccc(F)cc1. The summed E-state index contributed by atoms with van der Waals surface area (Å²) in [5.41, 5.74) is 3.69. The van der Waals surface area contributed by atoms with Crippen molar-refractivity contribution in [3.8, 4) is 0 Å². The third kappa shape index (κ3) is 4.73. The molecule has 3 aliphatic rings. The number of nitrogens with zero attached hydrogens (tertiary/aromatic N) is 4. The van der Waals surface area contributed by atoms with Gasteiger partial charge in [0, 0.05) is 61.7 Å². The van der Waals surface area contributed by atoms with Gasteiger partial charge in [-0.1, -0.05) is 0 Å². The molecule has 3 aliphatic heterocycles. The van der Waals surface area contributed by atoms with Crippen LogP contribution in [0.1, 0.15) is 30.7 Å². The van der Waals surface area contributed by atoms with Crippen LogP contribution >= 0.6 is 0 Å². The van der Waals surface area contributed by atoms with Crippen LogP contribution in [0.4, 0.5) is 35.0 Å². The van der Waals surface area contributed by atoms with E-state index < -0.39 is 0 Å². The summed E-state index contributed by atoms with van der Waals surface area (Å²) in [6.45, 7) is 4.69. The summed E-state index contributed by atoms with van der Waals surface area (Å²) in [5.74, 6) is -0.623. The fourth-order valence-electron chi connectivity index (χ4n) is 6.27. The number of halogens is 3. The number of fused-ring (bicyclic) bond motifs is 3. The van der Waals surface area contributed by atoms with Gasteiger partial charge in [0.25, 0.3) is 0 Å². The van der Waals surface area contributed by atoms with Gasteiger partial charge in [-0.05, 0) is 98.1 Å². The van der Waals surface area contributed by atoms with Crippen LogP contribution in [0.15, 0.2) is 66.7 Å². The Labute approximate surface area is 221 Å². The van der Waals surface area contributed by atoms with Gasteiger partial charge < -0.3 is 14.7 Å². The number of carbonyl (C=O) groups is 1. The van der Waals surface area contributed by atoms with E-state index >= 15 is 0 Å². The maximum absolute atomic E-state index is 14.2. The van der Waals surface area contributed by atoms with Gasteiger partial charge in [0.2, 0.25) is 0 Å². The van der Waals surface area contributed by atoms with Crippen LogP contribution in [0.25, 0.3) is 0 Å². The van der Waals surface area contributed by atoms with Crippen molar-refractivity contribution in [1.82, 2.24) is 9.80 Å². The molecule has 0 bridgehead atoms. The molecule has 0 saturated carbocycles.